The summed E-state index contributed by atoms with van der Waals surface area (Å²) < 4.78 is 5.81. The molecule has 0 bridgehead atoms. The summed E-state index contributed by atoms with van der Waals surface area (Å²) in [4.78, 5) is 14.4. The first-order valence-electron chi connectivity index (χ1n) is 7.39. The van der Waals surface area contributed by atoms with Crippen LogP contribution in [0.3, 0.4) is 0 Å². The lowest BCUT2D eigenvalue weighted by Crippen LogP contribution is -2.20. The van der Waals surface area contributed by atoms with Crippen LogP contribution in [0.1, 0.15) is 17.0 Å². The van der Waals surface area contributed by atoms with Crippen LogP contribution in [0.15, 0.2) is 54.7 Å². The van der Waals surface area contributed by atoms with Crippen molar-refractivity contribution in [3.8, 4) is 5.75 Å². The third kappa shape index (κ3) is 3.69. The van der Waals surface area contributed by atoms with E-state index >= 15 is 0 Å². The molecule has 6 heteroatoms. The van der Waals surface area contributed by atoms with Gasteiger partial charge in [-0.1, -0.05) is 30.3 Å². The summed E-state index contributed by atoms with van der Waals surface area (Å²) in [6.07, 6.45) is 1.71. The fraction of sp³-hybridized carbons (Fsp3) is 0.167. The Morgan fingerprint density at radius 1 is 1.21 bits per heavy atom. The van der Waals surface area contributed by atoms with E-state index in [2.05, 4.69) is 4.98 Å². The highest BCUT2D eigenvalue weighted by Gasteiger charge is 2.21. The quantitative estimate of drug-likeness (QED) is 0.639. The van der Waals surface area contributed by atoms with Gasteiger partial charge >= 0.3 is 5.97 Å². The number of aromatic nitrogens is 1. The number of aromatic amines is 1. The topological polar surface area (TPSA) is 88.3 Å². The van der Waals surface area contributed by atoms with Crippen LogP contribution in [0.25, 0.3) is 10.9 Å². The molecule has 0 aliphatic carbocycles. The Labute approximate surface area is 145 Å². The lowest BCUT2D eigenvalue weighted by molar-refractivity contribution is -0.138. The molecule has 3 aromatic rings. The Hall–Kier alpha value is -2.50. The molecule has 1 heterocycles. The van der Waals surface area contributed by atoms with Crippen molar-refractivity contribution in [2.75, 3.05) is 6.54 Å². The molecule has 0 fully saturated rings. The van der Waals surface area contributed by atoms with Crippen molar-refractivity contribution in [1.82, 2.24) is 4.98 Å². The zero-order chi connectivity index (χ0) is 16.2. The first-order valence-corrected chi connectivity index (χ1v) is 7.39. The van der Waals surface area contributed by atoms with Gasteiger partial charge in [-0.25, -0.2) is 0 Å². The molecule has 0 saturated carbocycles. The highest BCUT2D eigenvalue weighted by atomic mass is 35.5. The molecule has 5 nitrogen and oxygen atoms in total. The molecule has 0 spiro atoms. The molecule has 2 aromatic carbocycles. The Bertz CT molecular complexity index is 818. The smallest absolute Gasteiger partial charge is 0.312 e. The van der Waals surface area contributed by atoms with E-state index in [0.29, 0.717) is 17.9 Å². The molecular formula is C18H19ClN2O3. The van der Waals surface area contributed by atoms with Gasteiger partial charge in [0.15, 0.2) is 0 Å². The van der Waals surface area contributed by atoms with Gasteiger partial charge in [0.1, 0.15) is 12.4 Å². The second-order valence-corrected chi connectivity index (χ2v) is 5.35. The maximum absolute atomic E-state index is 11.3. The fourth-order valence-corrected chi connectivity index (χ4v) is 2.60. The second-order valence-electron chi connectivity index (χ2n) is 5.35. The summed E-state index contributed by atoms with van der Waals surface area (Å²) in [5, 5.41) is 10.1. The minimum Gasteiger partial charge on any atom is -0.489 e. The number of rotatable bonds is 6. The van der Waals surface area contributed by atoms with Crippen molar-refractivity contribution in [2.24, 2.45) is 5.73 Å². The predicted octanol–water partition coefficient (Wildman–Crippen LogP) is 3.30. The van der Waals surface area contributed by atoms with E-state index in [1.807, 2.05) is 48.5 Å². The van der Waals surface area contributed by atoms with E-state index in [4.69, 9.17) is 10.5 Å². The summed E-state index contributed by atoms with van der Waals surface area (Å²) in [7, 11) is 0. The summed E-state index contributed by atoms with van der Waals surface area (Å²) in [6.45, 7) is 0.517. The molecule has 4 N–H and O–H groups in total. The molecule has 1 aromatic heterocycles. The Balaban J connectivity index is 0.00000208. The van der Waals surface area contributed by atoms with Crippen molar-refractivity contribution < 1.29 is 14.6 Å². The molecule has 0 aliphatic rings. The number of benzene rings is 2. The zero-order valence-corrected chi connectivity index (χ0v) is 13.8. The van der Waals surface area contributed by atoms with Crippen LogP contribution in [0.5, 0.6) is 5.75 Å². The number of carboxylic acids is 1. The second kappa shape index (κ2) is 7.86. The van der Waals surface area contributed by atoms with E-state index in [1.54, 1.807) is 6.20 Å². The van der Waals surface area contributed by atoms with Crippen molar-refractivity contribution in [2.45, 2.75) is 12.5 Å². The SMILES string of the molecule is Cl.NC[C@@H](C(=O)O)c1c[nH]c2ccc(OCc3ccccc3)cc12. The lowest BCUT2D eigenvalue weighted by Gasteiger charge is -2.10. The molecule has 126 valence electrons. The molecule has 0 unspecified atom stereocenters. The van der Waals surface area contributed by atoms with Gasteiger partial charge in [0.05, 0.1) is 5.92 Å². The average molecular weight is 347 g/mol. The van der Waals surface area contributed by atoms with Gasteiger partial charge in [0.25, 0.3) is 0 Å². The average Bonchev–Trinajstić information content (AvgIpc) is 2.97. The van der Waals surface area contributed by atoms with Crippen LogP contribution in [-0.2, 0) is 11.4 Å². The van der Waals surface area contributed by atoms with Crippen molar-refractivity contribution in [1.29, 1.82) is 0 Å². The van der Waals surface area contributed by atoms with E-state index in [9.17, 15) is 9.90 Å². The summed E-state index contributed by atoms with van der Waals surface area (Å²) >= 11 is 0. The highest BCUT2D eigenvalue weighted by molar-refractivity contribution is 5.90. The van der Waals surface area contributed by atoms with Gasteiger partial charge in [0.2, 0.25) is 0 Å². The number of ether oxygens (including phenoxy) is 1. The zero-order valence-electron chi connectivity index (χ0n) is 12.9. The van der Waals surface area contributed by atoms with E-state index in [0.717, 1.165) is 16.5 Å². The van der Waals surface area contributed by atoms with Gasteiger partial charge in [-0.2, -0.15) is 0 Å². The highest BCUT2D eigenvalue weighted by Crippen LogP contribution is 2.29. The Morgan fingerprint density at radius 2 is 1.96 bits per heavy atom. The van der Waals surface area contributed by atoms with Crippen LogP contribution < -0.4 is 10.5 Å². The van der Waals surface area contributed by atoms with Crippen molar-refractivity contribution in [3.63, 3.8) is 0 Å². The number of carbonyl (C=O) groups is 1. The standard InChI is InChI=1S/C18H18N2O3.ClH/c19-9-15(18(21)22)16-10-20-17-7-6-13(8-14(16)17)23-11-12-4-2-1-3-5-12;/h1-8,10,15,20H,9,11,19H2,(H,21,22);1H/t15-;/m1./s1. The molecule has 0 aliphatic heterocycles. The van der Waals surface area contributed by atoms with Gasteiger partial charge in [0, 0.05) is 23.6 Å². The fourth-order valence-electron chi connectivity index (χ4n) is 2.60. The number of aliphatic carboxylic acids is 1. The van der Waals surface area contributed by atoms with Gasteiger partial charge < -0.3 is 20.6 Å². The minimum atomic E-state index is -0.927. The normalized spacial score (nSPS) is 11.7. The lowest BCUT2D eigenvalue weighted by atomic mass is 9.99. The van der Waals surface area contributed by atoms with Crippen LogP contribution in [0, 0.1) is 0 Å². The van der Waals surface area contributed by atoms with Crippen LogP contribution in [0.4, 0.5) is 0 Å². The van der Waals surface area contributed by atoms with Gasteiger partial charge in [-0.3, -0.25) is 4.79 Å². The third-order valence-corrected chi connectivity index (χ3v) is 3.84. The summed E-state index contributed by atoms with van der Waals surface area (Å²) in [5.74, 6) is -0.958. The number of nitrogens with two attached hydrogens (primary N) is 1. The molecule has 0 saturated heterocycles. The number of nitrogens with one attached hydrogen (secondary N) is 1. The van der Waals surface area contributed by atoms with E-state index < -0.39 is 11.9 Å². The van der Waals surface area contributed by atoms with Gasteiger partial charge in [-0.15, -0.1) is 12.4 Å². The van der Waals surface area contributed by atoms with Crippen LogP contribution >= 0.6 is 12.4 Å². The third-order valence-electron chi connectivity index (χ3n) is 3.84. The maximum atomic E-state index is 11.3. The minimum absolute atomic E-state index is 0. The molecule has 0 amide bonds. The largest absolute Gasteiger partial charge is 0.489 e. The van der Waals surface area contributed by atoms with E-state index in [-0.39, 0.29) is 19.0 Å². The number of halogens is 1. The Kier molecular flexibility index (Phi) is 5.84. The van der Waals surface area contributed by atoms with Gasteiger partial charge in [-0.05, 0) is 29.3 Å². The van der Waals surface area contributed by atoms with Crippen LogP contribution in [0.2, 0.25) is 0 Å². The molecule has 0 radical (unpaired) electrons. The first kappa shape index (κ1) is 17.8. The number of hydrogen-bond acceptors (Lipinski definition) is 3. The Morgan fingerprint density at radius 3 is 2.62 bits per heavy atom. The number of carboxylic acid groups (broad SMARTS) is 1. The molecular weight excluding hydrogens is 328 g/mol. The van der Waals surface area contributed by atoms with Crippen molar-refractivity contribution in [3.05, 3.63) is 65.9 Å². The molecule has 1 atom stereocenters. The van der Waals surface area contributed by atoms with E-state index in [1.165, 1.54) is 0 Å². The maximum Gasteiger partial charge on any atom is 0.312 e. The molecule has 24 heavy (non-hydrogen) atoms. The summed E-state index contributed by atoms with van der Waals surface area (Å²) in [5.41, 5.74) is 8.23. The number of hydrogen-bond donors (Lipinski definition) is 3. The monoisotopic (exact) mass is 346 g/mol. The first-order chi connectivity index (χ1) is 11.2. The van der Waals surface area contributed by atoms with Crippen LogP contribution in [-0.4, -0.2) is 22.6 Å². The predicted molar refractivity (Wildman–Crippen MR) is 95.8 cm³/mol. The van der Waals surface area contributed by atoms with Crippen molar-refractivity contribution >= 4 is 29.3 Å². The molecule has 3 rings (SSSR count). The number of fused-ring (bicyclic) bond motifs is 1. The number of H-pyrrole nitrogens is 1. The summed E-state index contributed by atoms with van der Waals surface area (Å²) in [6, 6.07) is 15.5.